The van der Waals surface area contributed by atoms with E-state index in [2.05, 4.69) is 10.6 Å². The predicted octanol–water partition coefficient (Wildman–Crippen LogP) is 3.45. The van der Waals surface area contributed by atoms with Gasteiger partial charge in [0, 0.05) is 24.7 Å². The summed E-state index contributed by atoms with van der Waals surface area (Å²) in [7, 11) is 3.15. The molecule has 0 aromatic heterocycles. The molecule has 2 rings (SSSR count). The average molecular weight is 314 g/mol. The number of para-hydroxylation sites is 1. The standard InChI is InChI=1S/C18H22N2O3/c1-13-6-4-5-7-15(13)19-11-10-18(21)20-16-12-14(22-2)8-9-17(16)23-3/h4-9,12,19H,10-11H2,1-3H3,(H,20,21). The first kappa shape index (κ1) is 16.7. The zero-order valence-corrected chi connectivity index (χ0v) is 13.7. The van der Waals surface area contributed by atoms with Crippen molar-refractivity contribution in [3.05, 3.63) is 48.0 Å². The number of carbonyl (C=O) groups is 1. The first-order valence-electron chi connectivity index (χ1n) is 7.45. The van der Waals surface area contributed by atoms with Crippen molar-refractivity contribution in [3.8, 4) is 11.5 Å². The molecule has 0 spiro atoms. The smallest absolute Gasteiger partial charge is 0.226 e. The van der Waals surface area contributed by atoms with Gasteiger partial charge >= 0.3 is 0 Å². The molecule has 2 aromatic rings. The fraction of sp³-hybridized carbons (Fsp3) is 0.278. The van der Waals surface area contributed by atoms with Crippen molar-refractivity contribution in [2.24, 2.45) is 0 Å². The molecule has 0 radical (unpaired) electrons. The van der Waals surface area contributed by atoms with Crippen LogP contribution in [0.3, 0.4) is 0 Å². The summed E-state index contributed by atoms with van der Waals surface area (Å²) in [6, 6.07) is 13.3. The van der Waals surface area contributed by atoms with E-state index in [9.17, 15) is 4.79 Å². The lowest BCUT2D eigenvalue weighted by molar-refractivity contribution is -0.116. The van der Waals surface area contributed by atoms with Gasteiger partial charge in [-0.05, 0) is 30.7 Å². The molecule has 0 aliphatic heterocycles. The van der Waals surface area contributed by atoms with Gasteiger partial charge in [-0.25, -0.2) is 0 Å². The molecule has 0 bridgehead atoms. The number of hydrogen-bond donors (Lipinski definition) is 2. The third kappa shape index (κ3) is 4.64. The predicted molar refractivity (Wildman–Crippen MR) is 92.5 cm³/mol. The topological polar surface area (TPSA) is 59.6 Å². The second-order valence-electron chi connectivity index (χ2n) is 5.11. The molecular weight excluding hydrogens is 292 g/mol. The van der Waals surface area contributed by atoms with Gasteiger partial charge in [-0.1, -0.05) is 18.2 Å². The second-order valence-corrected chi connectivity index (χ2v) is 5.11. The van der Waals surface area contributed by atoms with Gasteiger partial charge in [0.1, 0.15) is 11.5 Å². The van der Waals surface area contributed by atoms with Gasteiger partial charge in [-0.2, -0.15) is 0 Å². The highest BCUT2D eigenvalue weighted by molar-refractivity contribution is 5.92. The number of anilines is 2. The van der Waals surface area contributed by atoms with Crippen LogP contribution in [0.15, 0.2) is 42.5 Å². The lowest BCUT2D eigenvalue weighted by Gasteiger charge is -2.12. The molecule has 0 atom stereocenters. The van der Waals surface area contributed by atoms with E-state index in [1.54, 1.807) is 32.4 Å². The minimum Gasteiger partial charge on any atom is -0.497 e. The van der Waals surface area contributed by atoms with Crippen molar-refractivity contribution >= 4 is 17.3 Å². The van der Waals surface area contributed by atoms with Crippen LogP contribution in [0.1, 0.15) is 12.0 Å². The Morgan fingerprint density at radius 1 is 1.04 bits per heavy atom. The summed E-state index contributed by atoms with van der Waals surface area (Å²) in [6.07, 6.45) is 0.356. The number of nitrogens with one attached hydrogen (secondary N) is 2. The van der Waals surface area contributed by atoms with Crippen LogP contribution in [0.4, 0.5) is 11.4 Å². The van der Waals surface area contributed by atoms with E-state index in [4.69, 9.17) is 9.47 Å². The Morgan fingerprint density at radius 3 is 2.52 bits per heavy atom. The fourth-order valence-corrected chi connectivity index (χ4v) is 2.21. The van der Waals surface area contributed by atoms with E-state index in [1.807, 2.05) is 31.2 Å². The quantitative estimate of drug-likeness (QED) is 0.822. The van der Waals surface area contributed by atoms with Crippen LogP contribution >= 0.6 is 0 Å². The van der Waals surface area contributed by atoms with E-state index in [1.165, 1.54) is 0 Å². The van der Waals surface area contributed by atoms with Crippen LogP contribution in [0.25, 0.3) is 0 Å². The third-order valence-corrected chi connectivity index (χ3v) is 3.49. The van der Waals surface area contributed by atoms with Gasteiger partial charge in [-0.3, -0.25) is 4.79 Å². The summed E-state index contributed by atoms with van der Waals surface area (Å²) in [5.41, 5.74) is 2.80. The Morgan fingerprint density at radius 2 is 1.83 bits per heavy atom. The summed E-state index contributed by atoms with van der Waals surface area (Å²) < 4.78 is 10.4. The molecule has 23 heavy (non-hydrogen) atoms. The highest BCUT2D eigenvalue weighted by Crippen LogP contribution is 2.28. The molecule has 1 amide bonds. The largest absolute Gasteiger partial charge is 0.497 e. The molecule has 5 heteroatoms. The van der Waals surface area contributed by atoms with Crippen LogP contribution in [0.2, 0.25) is 0 Å². The third-order valence-electron chi connectivity index (χ3n) is 3.49. The number of ether oxygens (including phenoxy) is 2. The zero-order valence-electron chi connectivity index (χ0n) is 13.7. The van der Waals surface area contributed by atoms with Crippen molar-refractivity contribution in [1.29, 1.82) is 0 Å². The first-order valence-corrected chi connectivity index (χ1v) is 7.45. The molecule has 0 unspecified atom stereocenters. The molecule has 0 aliphatic rings. The second kappa shape index (κ2) is 8.08. The normalized spacial score (nSPS) is 10.0. The number of carbonyl (C=O) groups excluding carboxylic acids is 1. The fourth-order valence-electron chi connectivity index (χ4n) is 2.21. The molecule has 0 saturated carbocycles. The molecular formula is C18H22N2O3. The van der Waals surface area contributed by atoms with Crippen LogP contribution in [0, 0.1) is 6.92 Å². The van der Waals surface area contributed by atoms with Gasteiger partial charge in [-0.15, -0.1) is 0 Å². The van der Waals surface area contributed by atoms with E-state index in [0.29, 0.717) is 30.2 Å². The van der Waals surface area contributed by atoms with Gasteiger partial charge < -0.3 is 20.1 Å². The van der Waals surface area contributed by atoms with E-state index < -0.39 is 0 Å². The maximum atomic E-state index is 12.1. The highest BCUT2D eigenvalue weighted by Gasteiger charge is 2.09. The maximum absolute atomic E-state index is 12.1. The lowest BCUT2D eigenvalue weighted by atomic mass is 10.2. The van der Waals surface area contributed by atoms with Crippen molar-refractivity contribution < 1.29 is 14.3 Å². The Balaban J connectivity index is 1.91. The van der Waals surface area contributed by atoms with E-state index in [0.717, 1.165) is 11.3 Å². The molecule has 0 heterocycles. The van der Waals surface area contributed by atoms with Gasteiger partial charge in [0.05, 0.1) is 19.9 Å². The van der Waals surface area contributed by atoms with Crippen LogP contribution in [-0.2, 0) is 4.79 Å². The van der Waals surface area contributed by atoms with Crippen molar-refractivity contribution in [2.45, 2.75) is 13.3 Å². The SMILES string of the molecule is COc1ccc(OC)c(NC(=O)CCNc2ccccc2C)c1. The van der Waals surface area contributed by atoms with Crippen LogP contribution in [0.5, 0.6) is 11.5 Å². The molecule has 2 aromatic carbocycles. The Hall–Kier alpha value is -2.69. The molecule has 2 N–H and O–H groups in total. The summed E-state index contributed by atoms with van der Waals surface area (Å²) in [5.74, 6) is 1.18. The number of benzene rings is 2. The highest BCUT2D eigenvalue weighted by atomic mass is 16.5. The number of aryl methyl sites for hydroxylation is 1. The van der Waals surface area contributed by atoms with Gasteiger partial charge in [0.2, 0.25) is 5.91 Å². The van der Waals surface area contributed by atoms with Gasteiger partial charge in [0.15, 0.2) is 0 Å². The van der Waals surface area contributed by atoms with Crippen LogP contribution < -0.4 is 20.1 Å². The van der Waals surface area contributed by atoms with Crippen molar-refractivity contribution in [2.75, 3.05) is 31.4 Å². The van der Waals surface area contributed by atoms with E-state index >= 15 is 0 Å². The molecule has 0 aliphatic carbocycles. The Bertz CT molecular complexity index is 671. The number of hydrogen-bond acceptors (Lipinski definition) is 4. The summed E-state index contributed by atoms with van der Waals surface area (Å²) in [6.45, 7) is 2.59. The maximum Gasteiger partial charge on any atom is 0.226 e. The van der Waals surface area contributed by atoms with Crippen molar-refractivity contribution in [1.82, 2.24) is 0 Å². The van der Waals surface area contributed by atoms with E-state index in [-0.39, 0.29) is 5.91 Å². The summed E-state index contributed by atoms with van der Waals surface area (Å²) >= 11 is 0. The molecule has 0 saturated heterocycles. The Kier molecular flexibility index (Phi) is 5.86. The molecule has 122 valence electrons. The minimum atomic E-state index is -0.0855. The van der Waals surface area contributed by atoms with Crippen molar-refractivity contribution in [3.63, 3.8) is 0 Å². The number of methoxy groups -OCH3 is 2. The number of amides is 1. The minimum absolute atomic E-state index is 0.0855. The summed E-state index contributed by atoms with van der Waals surface area (Å²) in [5, 5.41) is 6.12. The van der Waals surface area contributed by atoms with Gasteiger partial charge in [0.25, 0.3) is 0 Å². The first-order chi connectivity index (χ1) is 11.1. The molecule has 5 nitrogen and oxygen atoms in total. The monoisotopic (exact) mass is 314 g/mol. The van der Waals surface area contributed by atoms with Crippen LogP contribution in [-0.4, -0.2) is 26.7 Å². The zero-order chi connectivity index (χ0) is 16.7. The Labute approximate surface area is 136 Å². The molecule has 0 fully saturated rings. The lowest BCUT2D eigenvalue weighted by Crippen LogP contribution is -2.17. The number of rotatable bonds is 7. The average Bonchev–Trinajstić information content (AvgIpc) is 2.56. The summed E-state index contributed by atoms with van der Waals surface area (Å²) in [4.78, 5) is 12.1.